The fourth-order valence-electron chi connectivity index (χ4n) is 2.54. The Labute approximate surface area is 81.0 Å². The van der Waals surface area contributed by atoms with Crippen molar-refractivity contribution in [1.82, 2.24) is 5.32 Å². The highest BCUT2D eigenvalue weighted by Gasteiger charge is 2.24. The number of hydrogen-bond donors (Lipinski definition) is 1. The predicted octanol–water partition coefficient (Wildman–Crippen LogP) is 1.95. The highest BCUT2D eigenvalue weighted by molar-refractivity contribution is 4.80. The molecule has 0 aliphatic carbocycles. The first-order valence-corrected chi connectivity index (χ1v) is 5.78. The molecular weight excluding hydrogens is 162 g/mol. The maximum Gasteiger partial charge on any atom is 0.0509 e. The summed E-state index contributed by atoms with van der Waals surface area (Å²) in [6, 6.07) is 0.753. The smallest absolute Gasteiger partial charge is 0.0509 e. The molecule has 2 rings (SSSR count). The van der Waals surface area contributed by atoms with E-state index in [0.717, 1.165) is 25.2 Å². The van der Waals surface area contributed by atoms with Gasteiger partial charge in [-0.1, -0.05) is 12.8 Å². The van der Waals surface area contributed by atoms with Crippen LogP contribution >= 0.6 is 0 Å². The van der Waals surface area contributed by atoms with E-state index in [1.165, 1.54) is 45.1 Å². The SMILES string of the molecule is C1CCNC(C2CCCOC2)CC1. The second-order valence-electron chi connectivity index (χ2n) is 4.39. The van der Waals surface area contributed by atoms with Crippen LogP contribution in [0.3, 0.4) is 0 Å². The van der Waals surface area contributed by atoms with Crippen molar-refractivity contribution in [2.45, 2.75) is 44.6 Å². The fraction of sp³-hybridized carbons (Fsp3) is 1.00. The Morgan fingerprint density at radius 1 is 1.00 bits per heavy atom. The maximum atomic E-state index is 5.54. The normalized spacial score (nSPS) is 36.9. The van der Waals surface area contributed by atoms with Crippen LogP contribution in [0.1, 0.15) is 38.5 Å². The van der Waals surface area contributed by atoms with Crippen LogP contribution < -0.4 is 5.32 Å². The van der Waals surface area contributed by atoms with Crippen molar-refractivity contribution < 1.29 is 4.74 Å². The summed E-state index contributed by atoms with van der Waals surface area (Å²) in [4.78, 5) is 0. The third-order valence-electron chi connectivity index (χ3n) is 3.36. The van der Waals surface area contributed by atoms with Crippen LogP contribution in [0, 0.1) is 5.92 Å². The standard InChI is InChI=1S/C11H21NO/c1-2-6-11(12-7-3-1)10-5-4-8-13-9-10/h10-12H,1-9H2. The highest BCUT2D eigenvalue weighted by atomic mass is 16.5. The topological polar surface area (TPSA) is 21.3 Å². The van der Waals surface area contributed by atoms with Crippen LogP contribution in [0.15, 0.2) is 0 Å². The lowest BCUT2D eigenvalue weighted by Crippen LogP contribution is -2.39. The van der Waals surface area contributed by atoms with E-state index in [-0.39, 0.29) is 0 Å². The molecule has 2 heteroatoms. The summed E-state index contributed by atoms with van der Waals surface area (Å²) in [5, 5.41) is 3.67. The van der Waals surface area contributed by atoms with Crippen LogP contribution in [0.2, 0.25) is 0 Å². The second kappa shape index (κ2) is 4.97. The molecule has 0 saturated carbocycles. The maximum absolute atomic E-state index is 5.54. The van der Waals surface area contributed by atoms with Crippen molar-refractivity contribution in [1.29, 1.82) is 0 Å². The number of nitrogens with one attached hydrogen (secondary N) is 1. The Morgan fingerprint density at radius 3 is 2.85 bits per heavy atom. The van der Waals surface area contributed by atoms with Gasteiger partial charge in [-0.15, -0.1) is 0 Å². The zero-order valence-corrected chi connectivity index (χ0v) is 8.43. The minimum atomic E-state index is 0.753. The van der Waals surface area contributed by atoms with Gasteiger partial charge in [0.25, 0.3) is 0 Å². The molecule has 2 aliphatic heterocycles. The minimum Gasteiger partial charge on any atom is -0.381 e. The number of rotatable bonds is 1. The van der Waals surface area contributed by atoms with E-state index in [9.17, 15) is 0 Å². The molecule has 0 bridgehead atoms. The fourth-order valence-corrected chi connectivity index (χ4v) is 2.54. The van der Waals surface area contributed by atoms with E-state index in [1.54, 1.807) is 0 Å². The summed E-state index contributed by atoms with van der Waals surface area (Å²) in [6.07, 6.45) is 8.20. The molecule has 2 fully saturated rings. The molecule has 2 aliphatic rings. The lowest BCUT2D eigenvalue weighted by Gasteiger charge is -2.30. The van der Waals surface area contributed by atoms with Gasteiger partial charge in [0.2, 0.25) is 0 Å². The van der Waals surface area contributed by atoms with Crippen LogP contribution in [-0.2, 0) is 4.74 Å². The van der Waals surface area contributed by atoms with Crippen molar-refractivity contribution in [2.75, 3.05) is 19.8 Å². The van der Waals surface area contributed by atoms with E-state index in [2.05, 4.69) is 5.32 Å². The third-order valence-corrected chi connectivity index (χ3v) is 3.36. The van der Waals surface area contributed by atoms with Gasteiger partial charge in [0.05, 0.1) is 6.61 Å². The molecule has 0 amide bonds. The van der Waals surface area contributed by atoms with Crippen molar-refractivity contribution in [3.63, 3.8) is 0 Å². The highest BCUT2D eigenvalue weighted by Crippen LogP contribution is 2.22. The molecule has 2 atom stereocenters. The van der Waals surface area contributed by atoms with Gasteiger partial charge >= 0.3 is 0 Å². The van der Waals surface area contributed by atoms with Gasteiger partial charge in [0.1, 0.15) is 0 Å². The third kappa shape index (κ3) is 2.68. The molecular formula is C11H21NO. The van der Waals surface area contributed by atoms with Gasteiger partial charge in [0, 0.05) is 12.6 Å². The van der Waals surface area contributed by atoms with Crippen LogP contribution in [0.4, 0.5) is 0 Å². The first kappa shape index (κ1) is 9.47. The first-order chi connectivity index (χ1) is 6.47. The van der Waals surface area contributed by atoms with Gasteiger partial charge in [-0.2, -0.15) is 0 Å². The van der Waals surface area contributed by atoms with Crippen molar-refractivity contribution in [2.24, 2.45) is 5.92 Å². The summed E-state index contributed by atoms with van der Waals surface area (Å²) in [5.41, 5.74) is 0. The van der Waals surface area contributed by atoms with Crippen LogP contribution in [0.5, 0.6) is 0 Å². The molecule has 0 radical (unpaired) electrons. The Balaban J connectivity index is 1.82. The van der Waals surface area contributed by atoms with Crippen molar-refractivity contribution >= 4 is 0 Å². The van der Waals surface area contributed by atoms with Gasteiger partial charge in [-0.05, 0) is 38.1 Å². The van der Waals surface area contributed by atoms with Gasteiger partial charge in [0.15, 0.2) is 0 Å². The second-order valence-corrected chi connectivity index (χ2v) is 4.39. The summed E-state index contributed by atoms with van der Waals surface area (Å²) in [6.45, 7) is 3.21. The van der Waals surface area contributed by atoms with Crippen molar-refractivity contribution in [3.8, 4) is 0 Å². The molecule has 2 nitrogen and oxygen atoms in total. The molecule has 0 aromatic rings. The van der Waals surface area contributed by atoms with E-state index in [4.69, 9.17) is 4.74 Å². The number of hydrogen-bond acceptors (Lipinski definition) is 2. The summed E-state index contributed by atoms with van der Waals surface area (Å²) < 4.78 is 5.54. The van der Waals surface area contributed by atoms with Crippen LogP contribution in [0.25, 0.3) is 0 Å². The quantitative estimate of drug-likeness (QED) is 0.671. The molecule has 2 heterocycles. The van der Waals surface area contributed by atoms with E-state index in [0.29, 0.717) is 0 Å². The summed E-state index contributed by atoms with van der Waals surface area (Å²) >= 11 is 0. The molecule has 13 heavy (non-hydrogen) atoms. The molecule has 0 spiro atoms. The summed E-state index contributed by atoms with van der Waals surface area (Å²) in [7, 11) is 0. The molecule has 0 aromatic heterocycles. The Morgan fingerprint density at radius 2 is 2.00 bits per heavy atom. The Hall–Kier alpha value is -0.0800. The van der Waals surface area contributed by atoms with Crippen molar-refractivity contribution in [3.05, 3.63) is 0 Å². The lowest BCUT2D eigenvalue weighted by molar-refractivity contribution is 0.0387. The lowest BCUT2D eigenvalue weighted by atomic mass is 9.91. The van der Waals surface area contributed by atoms with Gasteiger partial charge in [-0.3, -0.25) is 0 Å². The zero-order valence-electron chi connectivity index (χ0n) is 8.43. The first-order valence-electron chi connectivity index (χ1n) is 5.78. The van der Waals surface area contributed by atoms with E-state index in [1.807, 2.05) is 0 Å². The molecule has 76 valence electrons. The largest absolute Gasteiger partial charge is 0.381 e. The summed E-state index contributed by atoms with van der Waals surface area (Å²) in [5.74, 6) is 0.798. The van der Waals surface area contributed by atoms with E-state index < -0.39 is 0 Å². The van der Waals surface area contributed by atoms with Crippen LogP contribution in [-0.4, -0.2) is 25.8 Å². The average Bonchev–Trinajstić information content (AvgIpc) is 2.47. The molecule has 2 unspecified atom stereocenters. The monoisotopic (exact) mass is 183 g/mol. The van der Waals surface area contributed by atoms with E-state index >= 15 is 0 Å². The Kier molecular flexibility index (Phi) is 3.62. The molecule has 0 aromatic carbocycles. The number of ether oxygens (including phenoxy) is 1. The molecule has 1 N–H and O–H groups in total. The predicted molar refractivity (Wildman–Crippen MR) is 53.8 cm³/mol. The van der Waals surface area contributed by atoms with Gasteiger partial charge in [-0.25, -0.2) is 0 Å². The molecule has 2 saturated heterocycles. The zero-order chi connectivity index (χ0) is 8.93. The minimum absolute atomic E-state index is 0.753. The average molecular weight is 183 g/mol. The Bertz CT molecular complexity index is 135. The van der Waals surface area contributed by atoms with Gasteiger partial charge < -0.3 is 10.1 Å².